The highest BCUT2D eigenvalue weighted by Crippen LogP contribution is 2.04. The topological polar surface area (TPSA) is 120 Å². The number of nitriles is 1. The van der Waals surface area contributed by atoms with Crippen molar-refractivity contribution < 1.29 is 19.1 Å². The molecule has 1 aromatic rings. The maximum Gasteiger partial charge on any atom is 0.407 e. The van der Waals surface area contributed by atoms with Crippen LogP contribution < -0.4 is 16.0 Å². The third-order valence-corrected chi connectivity index (χ3v) is 3.56. The fourth-order valence-electron chi connectivity index (χ4n) is 2.20. The quantitative estimate of drug-likeness (QED) is 0.604. The Balaban J connectivity index is 2.31. The van der Waals surface area contributed by atoms with Crippen LogP contribution >= 0.6 is 0 Å². The molecule has 1 rings (SSSR count). The number of nitrogens with zero attached hydrogens (tertiary/aromatic N) is 1. The van der Waals surface area contributed by atoms with E-state index in [0.717, 1.165) is 5.56 Å². The smallest absolute Gasteiger partial charge is 0.407 e. The highest BCUT2D eigenvalue weighted by atomic mass is 16.5. The molecule has 0 radical (unpaired) electrons. The first kappa shape index (κ1) is 22.0. The number of hydrogen-bond acceptors (Lipinski definition) is 5. The van der Waals surface area contributed by atoms with Gasteiger partial charge in [-0.1, -0.05) is 44.2 Å². The van der Waals surface area contributed by atoms with Gasteiger partial charge in [0.1, 0.15) is 25.2 Å². The molecule has 0 aromatic heterocycles. The Labute approximate surface area is 159 Å². The van der Waals surface area contributed by atoms with Gasteiger partial charge in [-0.25, -0.2) is 4.79 Å². The maximum absolute atomic E-state index is 12.0. The van der Waals surface area contributed by atoms with E-state index in [9.17, 15) is 14.4 Å². The van der Waals surface area contributed by atoms with Gasteiger partial charge in [-0.05, 0) is 24.8 Å². The first-order valence-corrected chi connectivity index (χ1v) is 8.75. The van der Waals surface area contributed by atoms with Gasteiger partial charge in [-0.3, -0.25) is 9.59 Å². The third-order valence-electron chi connectivity index (χ3n) is 3.56. The van der Waals surface area contributed by atoms with Crippen LogP contribution in [-0.4, -0.2) is 36.5 Å². The van der Waals surface area contributed by atoms with Crippen molar-refractivity contribution in [2.75, 3.05) is 6.54 Å². The summed E-state index contributed by atoms with van der Waals surface area (Å²) in [5.41, 5.74) is 0.829. The minimum Gasteiger partial charge on any atom is -0.445 e. The van der Waals surface area contributed by atoms with Gasteiger partial charge in [0.15, 0.2) is 0 Å². The van der Waals surface area contributed by atoms with E-state index < -0.39 is 30.0 Å². The number of alkyl carbamates (subject to hydrolysis) is 1. The highest BCUT2D eigenvalue weighted by molar-refractivity contribution is 5.89. The van der Waals surface area contributed by atoms with Crippen LogP contribution in [-0.2, 0) is 20.9 Å². The zero-order valence-corrected chi connectivity index (χ0v) is 15.8. The van der Waals surface area contributed by atoms with Gasteiger partial charge >= 0.3 is 6.09 Å². The number of rotatable bonds is 9. The normalized spacial score (nSPS) is 12.4. The van der Waals surface area contributed by atoms with E-state index in [1.165, 1.54) is 6.92 Å². The summed E-state index contributed by atoms with van der Waals surface area (Å²) < 4.78 is 4.99. The van der Waals surface area contributed by atoms with E-state index >= 15 is 0 Å². The Bertz CT molecular complexity index is 670. The summed E-state index contributed by atoms with van der Waals surface area (Å²) in [6, 6.07) is 9.72. The monoisotopic (exact) mass is 374 g/mol. The van der Waals surface area contributed by atoms with Gasteiger partial charge in [0, 0.05) is 0 Å². The van der Waals surface area contributed by atoms with E-state index in [2.05, 4.69) is 16.0 Å². The van der Waals surface area contributed by atoms with Crippen LogP contribution in [0.5, 0.6) is 0 Å². The van der Waals surface area contributed by atoms with Crippen LogP contribution in [0.4, 0.5) is 4.79 Å². The van der Waals surface area contributed by atoms with Crippen LogP contribution in [0, 0.1) is 17.2 Å². The molecule has 0 bridgehead atoms. The van der Waals surface area contributed by atoms with Gasteiger partial charge in [0.2, 0.25) is 11.8 Å². The minimum absolute atomic E-state index is 0.0957. The average molecular weight is 374 g/mol. The van der Waals surface area contributed by atoms with E-state index in [1.807, 2.05) is 50.2 Å². The second-order valence-electron chi connectivity index (χ2n) is 6.52. The summed E-state index contributed by atoms with van der Waals surface area (Å²) in [5, 5.41) is 16.4. The van der Waals surface area contributed by atoms with E-state index in [1.54, 1.807) is 0 Å². The Kier molecular flexibility index (Phi) is 9.37. The van der Waals surface area contributed by atoms with Gasteiger partial charge < -0.3 is 20.7 Å². The molecule has 0 spiro atoms. The largest absolute Gasteiger partial charge is 0.445 e. The Morgan fingerprint density at radius 1 is 1.11 bits per heavy atom. The second kappa shape index (κ2) is 11.5. The minimum atomic E-state index is -0.831. The lowest BCUT2D eigenvalue weighted by Crippen LogP contribution is -2.50. The van der Waals surface area contributed by atoms with E-state index in [0.29, 0.717) is 6.42 Å². The van der Waals surface area contributed by atoms with Gasteiger partial charge in [0.25, 0.3) is 0 Å². The van der Waals surface area contributed by atoms with Crippen LogP contribution in [0.15, 0.2) is 30.3 Å². The molecular formula is C19H26N4O4. The molecule has 0 aliphatic rings. The van der Waals surface area contributed by atoms with Crippen molar-refractivity contribution in [2.45, 2.75) is 45.9 Å². The highest BCUT2D eigenvalue weighted by Gasteiger charge is 2.20. The van der Waals surface area contributed by atoms with Gasteiger partial charge in [0.05, 0.1) is 6.07 Å². The molecule has 3 N–H and O–H groups in total. The maximum atomic E-state index is 12.0. The van der Waals surface area contributed by atoms with E-state index in [4.69, 9.17) is 10.00 Å². The lowest BCUT2D eigenvalue weighted by atomic mass is 10.0. The molecule has 0 aliphatic heterocycles. The molecule has 1 aromatic carbocycles. The molecule has 0 saturated carbocycles. The fourth-order valence-corrected chi connectivity index (χ4v) is 2.20. The molecule has 8 heteroatoms. The molecule has 0 fully saturated rings. The predicted octanol–water partition coefficient (Wildman–Crippen LogP) is 1.47. The Morgan fingerprint density at radius 3 is 2.37 bits per heavy atom. The molecule has 0 aliphatic carbocycles. The summed E-state index contributed by atoms with van der Waals surface area (Å²) in [6.45, 7) is 5.18. The first-order valence-electron chi connectivity index (χ1n) is 8.75. The summed E-state index contributed by atoms with van der Waals surface area (Å²) >= 11 is 0. The fraction of sp³-hybridized carbons (Fsp3) is 0.474. The molecule has 3 amide bonds. The van der Waals surface area contributed by atoms with Gasteiger partial charge in [-0.15, -0.1) is 0 Å². The van der Waals surface area contributed by atoms with Crippen LogP contribution in [0.3, 0.4) is 0 Å². The zero-order valence-electron chi connectivity index (χ0n) is 15.8. The number of carbonyl (C=O) groups excluding carboxylic acids is 3. The van der Waals surface area contributed by atoms with Crippen molar-refractivity contribution in [3.63, 3.8) is 0 Å². The molecular weight excluding hydrogens is 348 g/mol. The van der Waals surface area contributed by atoms with Crippen molar-refractivity contribution in [3.05, 3.63) is 35.9 Å². The van der Waals surface area contributed by atoms with Crippen molar-refractivity contribution in [2.24, 2.45) is 5.92 Å². The number of ether oxygens (including phenoxy) is 1. The molecule has 0 unspecified atom stereocenters. The van der Waals surface area contributed by atoms with E-state index in [-0.39, 0.29) is 19.1 Å². The zero-order chi connectivity index (χ0) is 20.2. The summed E-state index contributed by atoms with van der Waals surface area (Å²) in [5.74, 6) is -0.736. The van der Waals surface area contributed by atoms with Crippen LogP contribution in [0.25, 0.3) is 0 Å². The summed E-state index contributed by atoms with van der Waals surface area (Å²) in [6.07, 6.45) is -0.204. The average Bonchev–Trinajstić information content (AvgIpc) is 2.64. The van der Waals surface area contributed by atoms with Crippen LogP contribution in [0.2, 0.25) is 0 Å². The Morgan fingerprint density at radius 2 is 1.78 bits per heavy atom. The molecule has 0 saturated heterocycles. The number of carbonyl (C=O) groups is 3. The van der Waals surface area contributed by atoms with Crippen molar-refractivity contribution >= 4 is 17.9 Å². The van der Waals surface area contributed by atoms with Crippen LogP contribution in [0.1, 0.15) is 32.8 Å². The van der Waals surface area contributed by atoms with Crippen molar-refractivity contribution in [3.8, 4) is 6.07 Å². The molecule has 0 heterocycles. The molecule has 146 valence electrons. The lowest BCUT2D eigenvalue weighted by molar-refractivity contribution is -0.128. The van der Waals surface area contributed by atoms with Crippen molar-refractivity contribution in [1.29, 1.82) is 5.26 Å². The number of hydrogen-bond donors (Lipinski definition) is 3. The molecule has 2 atom stereocenters. The number of benzene rings is 1. The molecule has 8 nitrogen and oxygen atoms in total. The van der Waals surface area contributed by atoms with Crippen molar-refractivity contribution in [1.82, 2.24) is 16.0 Å². The summed E-state index contributed by atoms with van der Waals surface area (Å²) in [7, 11) is 0. The second-order valence-corrected chi connectivity index (χ2v) is 6.52. The number of nitrogens with one attached hydrogen (secondary N) is 3. The summed E-state index contributed by atoms with van der Waals surface area (Å²) in [4.78, 5) is 35.5. The number of amides is 3. The Hall–Kier alpha value is -3.08. The SMILES string of the molecule is CC(C)C[C@@H](C#N)NC(=O)[C@H](C)NC(=O)CNC(=O)OCc1ccccc1. The first-order chi connectivity index (χ1) is 12.8. The lowest BCUT2D eigenvalue weighted by Gasteiger charge is -2.18. The predicted molar refractivity (Wildman–Crippen MR) is 99.2 cm³/mol. The third kappa shape index (κ3) is 9.26. The molecule has 27 heavy (non-hydrogen) atoms. The standard InChI is InChI=1S/C19H26N4O4/c1-13(2)9-16(10-20)23-18(25)14(3)22-17(24)11-21-19(26)27-12-15-7-5-4-6-8-15/h4-8,13-14,16H,9,11-12H2,1-3H3,(H,21,26)(H,22,24)(H,23,25)/t14-,16-/m0/s1. The van der Waals surface area contributed by atoms with Gasteiger partial charge in [-0.2, -0.15) is 5.26 Å².